The molecule has 1 aromatic heterocycles. The van der Waals surface area contributed by atoms with Crippen LogP contribution in [0.1, 0.15) is 12.0 Å². The number of fused-ring (bicyclic) bond motifs is 1. The number of hydrogen-bond donors (Lipinski definition) is 1. The Morgan fingerprint density at radius 1 is 1.11 bits per heavy atom. The Morgan fingerprint density at radius 2 is 1.89 bits per heavy atom. The first kappa shape index (κ1) is 23.3. The molecule has 1 spiro atoms. The Hall–Kier alpha value is -4.16. The molecule has 2 aromatic carbocycles. The molecular weight excluding hydrogens is 468 g/mol. The van der Waals surface area contributed by atoms with Crippen LogP contribution in [-0.2, 0) is 9.53 Å². The Balaban J connectivity index is 1.46. The molecule has 3 fully saturated rings. The number of ether oxygens (including phenoxy) is 1. The molecule has 4 heterocycles. The fourth-order valence-corrected chi connectivity index (χ4v) is 5.78. The lowest BCUT2D eigenvalue weighted by atomic mass is 9.79. The zero-order valence-electron chi connectivity index (χ0n) is 20.6. The van der Waals surface area contributed by atoms with Crippen LogP contribution < -0.4 is 9.80 Å². The summed E-state index contributed by atoms with van der Waals surface area (Å²) in [6.45, 7) is 8.91. The van der Waals surface area contributed by atoms with Crippen molar-refractivity contribution in [2.24, 2.45) is 5.41 Å². The van der Waals surface area contributed by atoms with Gasteiger partial charge in [-0.15, -0.1) is 0 Å². The summed E-state index contributed by atoms with van der Waals surface area (Å²) in [5.41, 5.74) is 1.60. The van der Waals surface area contributed by atoms with Crippen molar-refractivity contribution < 1.29 is 14.6 Å². The number of aromatic nitrogens is 2. The van der Waals surface area contributed by atoms with Crippen LogP contribution in [0, 0.1) is 16.7 Å². The van der Waals surface area contributed by atoms with Gasteiger partial charge in [-0.3, -0.25) is 4.79 Å². The first-order valence-corrected chi connectivity index (χ1v) is 12.5. The fraction of sp³-hybridized carbons (Fsp3) is 0.357. The Kier molecular flexibility index (Phi) is 5.69. The van der Waals surface area contributed by atoms with E-state index < -0.39 is 0 Å². The molecule has 37 heavy (non-hydrogen) atoms. The maximum Gasteiger partial charge on any atom is 0.245 e. The number of hydrogen-bond acceptors (Lipinski definition) is 8. The first-order valence-electron chi connectivity index (χ1n) is 12.5. The number of phenolic OH excluding ortho intramolecular Hbond substituents is 1. The minimum Gasteiger partial charge on any atom is -0.508 e. The second-order valence-corrected chi connectivity index (χ2v) is 10.1. The van der Waals surface area contributed by atoms with Gasteiger partial charge >= 0.3 is 0 Å². The third-order valence-electron chi connectivity index (χ3n) is 7.66. The molecule has 9 heteroatoms. The van der Waals surface area contributed by atoms with Gasteiger partial charge in [-0.25, -0.2) is 4.98 Å². The van der Waals surface area contributed by atoms with Crippen molar-refractivity contribution in [3.8, 4) is 23.1 Å². The second kappa shape index (κ2) is 9.05. The van der Waals surface area contributed by atoms with Gasteiger partial charge in [0.15, 0.2) is 5.82 Å². The molecule has 3 aliphatic heterocycles. The predicted molar refractivity (Wildman–Crippen MR) is 140 cm³/mol. The molecule has 3 aliphatic rings. The summed E-state index contributed by atoms with van der Waals surface area (Å²) < 4.78 is 5.54. The van der Waals surface area contributed by atoms with Crippen LogP contribution in [0.4, 0.5) is 11.8 Å². The third-order valence-corrected chi connectivity index (χ3v) is 7.66. The van der Waals surface area contributed by atoms with E-state index in [0.717, 1.165) is 23.7 Å². The Morgan fingerprint density at radius 3 is 2.65 bits per heavy atom. The number of phenols is 1. The molecule has 0 radical (unpaired) electrons. The van der Waals surface area contributed by atoms with Gasteiger partial charge in [-0.1, -0.05) is 30.8 Å². The second-order valence-electron chi connectivity index (χ2n) is 10.1. The molecule has 0 bridgehead atoms. The number of anilines is 2. The molecule has 188 valence electrons. The average molecular weight is 497 g/mol. The highest BCUT2D eigenvalue weighted by Crippen LogP contribution is 2.43. The molecule has 0 atom stereocenters. The van der Waals surface area contributed by atoms with E-state index in [9.17, 15) is 15.2 Å². The average Bonchev–Trinajstić information content (AvgIpc) is 3.37. The van der Waals surface area contributed by atoms with Crippen LogP contribution in [0.2, 0.25) is 0 Å². The lowest BCUT2D eigenvalue weighted by Gasteiger charge is -2.47. The number of likely N-dealkylation sites (tertiary alicyclic amines) is 1. The van der Waals surface area contributed by atoms with Crippen LogP contribution >= 0.6 is 0 Å². The van der Waals surface area contributed by atoms with Crippen LogP contribution in [0.25, 0.3) is 22.0 Å². The fourth-order valence-electron chi connectivity index (χ4n) is 5.78. The van der Waals surface area contributed by atoms with E-state index >= 15 is 0 Å². The molecule has 0 saturated carbocycles. The Labute approximate surface area is 215 Å². The van der Waals surface area contributed by atoms with Crippen LogP contribution in [0.3, 0.4) is 0 Å². The SMILES string of the molecule is C=CC(=O)N1CC2(CCN(c3nc(N4CCOCC4)nc(-c4cc(O)cc5ccccc45)c3C#N)C2)C1. The summed E-state index contributed by atoms with van der Waals surface area (Å²) in [7, 11) is 0. The van der Waals surface area contributed by atoms with Crippen molar-refractivity contribution >= 4 is 28.4 Å². The number of nitrogens with zero attached hydrogens (tertiary/aromatic N) is 6. The molecule has 3 saturated heterocycles. The largest absolute Gasteiger partial charge is 0.508 e. The minimum atomic E-state index is -0.0449. The van der Waals surface area contributed by atoms with Gasteiger partial charge in [0, 0.05) is 50.2 Å². The molecule has 9 nitrogen and oxygen atoms in total. The maximum atomic E-state index is 12.0. The van der Waals surface area contributed by atoms with Gasteiger partial charge in [0.25, 0.3) is 0 Å². The maximum absolute atomic E-state index is 12.0. The van der Waals surface area contributed by atoms with Gasteiger partial charge in [0.2, 0.25) is 11.9 Å². The van der Waals surface area contributed by atoms with Gasteiger partial charge in [-0.05, 0) is 35.4 Å². The van der Waals surface area contributed by atoms with E-state index in [1.807, 2.05) is 29.2 Å². The molecular formula is C28H28N6O3. The quantitative estimate of drug-likeness (QED) is 0.550. The van der Waals surface area contributed by atoms with E-state index in [-0.39, 0.29) is 17.1 Å². The van der Waals surface area contributed by atoms with E-state index in [1.54, 1.807) is 12.1 Å². The zero-order valence-corrected chi connectivity index (χ0v) is 20.6. The lowest BCUT2D eigenvalue weighted by Crippen LogP contribution is -2.59. The molecule has 1 N–H and O–H groups in total. The van der Waals surface area contributed by atoms with Crippen LogP contribution in [-0.4, -0.2) is 78.4 Å². The van der Waals surface area contributed by atoms with Gasteiger partial charge in [-0.2, -0.15) is 10.2 Å². The predicted octanol–water partition coefficient (Wildman–Crippen LogP) is 2.94. The number of benzene rings is 2. The summed E-state index contributed by atoms with van der Waals surface area (Å²) in [6.07, 6.45) is 2.28. The number of rotatable bonds is 4. The van der Waals surface area contributed by atoms with Crippen LogP contribution in [0.5, 0.6) is 5.75 Å². The first-order chi connectivity index (χ1) is 18.0. The monoisotopic (exact) mass is 496 g/mol. The standard InChI is InChI=1S/C28H28N6O3/c1-2-24(36)34-17-28(18-34)7-8-33(16-28)26-23(15-29)25(30-27(31-26)32-9-11-37-12-10-32)22-14-20(35)13-19-5-3-4-6-21(19)22/h2-6,13-14,35H,1,7-12,16-18H2. The molecule has 3 aromatic rings. The Bertz CT molecular complexity index is 1440. The van der Waals surface area contributed by atoms with Crippen molar-refractivity contribution in [2.75, 3.05) is 62.3 Å². The van der Waals surface area contributed by atoms with Gasteiger partial charge in [0.05, 0.1) is 18.9 Å². The van der Waals surface area contributed by atoms with Crippen molar-refractivity contribution in [1.29, 1.82) is 5.26 Å². The highest BCUT2D eigenvalue weighted by atomic mass is 16.5. The highest BCUT2D eigenvalue weighted by Gasteiger charge is 2.49. The molecule has 0 aliphatic carbocycles. The summed E-state index contributed by atoms with van der Waals surface area (Å²) in [6, 6.07) is 13.6. The van der Waals surface area contributed by atoms with E-state index in [2.05, 4.69) is 22.4 Å². The van der Waals surface area contributed by atoms with Crippen LogP contribution in [0.15, 0.2) is 49.1 Å². The third kappa shape index (κ3) is 4.03. The number of aromatic hydroxyl groups is 1. The highest BCUT2D eigenvalue weighted by molar-refractivity contribution is 5.99. The van der Waals surface area contributed by atoms with Crippen molar-refractivity contribution in [2.45, 2.75) is 6.42 Å². The van der Waals surface area contributed by atoms with Crippen molar-refractivity contribution in [3.05, 3.63) is 54.6 Å². The smallest absolute Gasteiger partial charge is 0.245 e. The summed E-state index contributed by atoms with van der Waals surface area (Å²) in [4.78, 5) is 27.9. The van der Waals surface area contributed by atoms with Gasteiger partial charge in [0.1, 0.15) is 17.4 Å². The molecule has 6 rings (SSSR count). The summed E-state index contributed by atoms with van der Waals surface area (Å²) in [5, 5.41) is 22.7. The van der Waals surface area contributed by atoms with E-state index in [4.69, 9.17) is 14.7 Å². The lowest BCUT2D eigenvalue weighted by molar-refractivity contribution is -0.136. The molecule has 0 unspecified atom stereocenters. The number of carbonyl (C=O) groups excluding carboxylic acids is 1. The van der Waals surface area contributed by atoms with Crippen molar-refractivity contribution in [3.63, 3.8) is 0 Å². The van der Waals surface area contributed by atoms with Crippen molar-refractivity contribution in [1.82, 2.24) is 14.9 Å². The zero-order chi connectivity index (χ0) is 25.6. The summed E-state index contributed by atoms with van der Waals surface area (Å²) >= 11 is 0. The normalized spacial score (nSPS) is 18.6. The topological polar surface area (TPSA) is 106 Å². The van der Waals surface area contributed by atoms with Gasteiger partial charge < -0.3 is 24.5 Å². The molecule has 1 amide bonds. The number of amides is 1. The number of nitriles is 1. The number of carbonyl (C=O) groups is 1. The number of morpholine rings is 1. The van der Waals surface area contributed by atoms with E-state index in [1.165, 1.54) is 6.08 Å². The summed E-state index contributed by atoms with van der Waals surface area (Å²) in [5.74, 6) is 1.23. The minimum absolute atomic E-state index is 0.00660. The van der Waals surface area contributed by atoms with E-state index in [0.29, 0.717) is 74.5 Å².